The van der Waals surface area contributed by atoms with Crippen LogP contribution in [0.4, 0.5) is 11.4 Å². The van der Waals surface area contributed by atoms with Crippen molar-refractivity contribution in [2.75, 3.05) is 11.4 Å². The molecule has 1 heterocycles. The van der Waals surface area contributed by atoms with E-state index in [1.54, 1.807) is 6.07 Å². The van der Waals surface area contributed by atoms with Crippen LogP contribution in [0.1, 0.15) is 15.9 Å². The van der Waals surface area contributed by atoms with E-state index >= 15 is 0 Å². The van der Waals surface area contributed by atoms with Crippen LogP contribution in [-0.4, -0.2) is 25.8 Å². The van der Waals surface area contributed by atoms with Gasteiger partial charge in [-0.05, 0) is 42.3 Å². The molecule has 0 aliphatic carbocycles. The number of nitro groups is 1. The van der Waals surface area contributed by atoms with Crippen molar-refractivity contribution in [1.82, 2.24) is 0 Å². The Morgan fingerprint density at radius 1 is 1.17 bits per heavy atom. The Bertz CT molecular complexity index is 938. The molecule has 2 aromatic carbocycles. The van der Waals surface area contributed by atoms with Gasteiger partial charge in [0.2, 0.25) is 10.0 Å². The van der Waals surface area contributed by atoms with Crippen LogP contribution >= 0.6 is 0 Å². The zero-order valence-corrected chi connectivity index (χ0v) is 13.2. The number of nitro benzene ring substituents is 1. The first-order chi connectivity index (χ1) is 11.3. The highest BCUT2D eigenvalue weighted by molar-refractivity contribution is 7.89. The summed E-state index contributed by atoms with van der Waals surface area (Å²) in [6.45, 7) is 0.402. The summed E-state index contributed by atoms with van der Waals surface area (Å²) in [6.07, 6.45) is 0.511. The van der Waals surface area contributed by atoms with E-state index < -0.39 is 14.9 Å². The largest absolute Gasteiger partial charge is 0.308 e. The fraction of sp³-hybridized carbons (Fsp3) is 0.133. The molecule has 3 rings (SSSR count). The summed E-state index contributed by atoms with van der Waals surface area (Å²) in [5.41, 5.74) is 1.57. The number of nitrogens with zero attached hydrogens (tertiary/aromatic N) is 2. The second kappa shape index (κ2) is 5.69. The second-order valence-electron chi connectivity index (χ2n) is 5.35. The highest BCUT2D eigenvalue weighted by Crippen LogP contribution is 2.31. The van der Waals surface area contributed by atoms with Gasteiger partial charge in [0.1, 0.15) is 0 Å². The highest BCUT2D eigenvalue weighted by Gasteiger charge is 2.27. The highest BCUT2D eigenvalue weighted by atomic mass is 32.2. The third-order valence-electron chi connectivity index (χ3n) is 3.85. The van der Waals surface area contributed by atoms with Gasteiger partial charge in [0.15, 0.2) is 0 Å². The molecule has 1 aliphatic heterocycles. The van der Waals surface area contributed by atoms with Crippen LogP contribution in [-0.2, 0) is 16.4 Å². The van der Waals surface area contributed by atoms with Gasteiger partial charge in [0.05, 0.1) is 9.82 Å². The number of primary sulfonamides is 1. The molecule has 2 N–H and O–H groups in total. The molecule has 9 heteroatoms. The first kappa shape index (κ1) is 16.1. The number of fused-ring (bicyclic) bond motifs is 1. The monoisotopic (exact) mass is 347 g/mol. The molecule has 0 atom stereocenters. The molecular formula is C15H13N3O5S. The Hall–Kier alpha value is -2.78. The molecule has 1 amide bonds. The predicted octanol–water partition coefficient (Wildman–Crippen LogP) is 1.45. The molecule has 24 heavy (non-hydrogen) atoms. The Morgan fingerprint density at radius 3 is 2.42 bits per heavy atom. The minimum absolute atomic E-state index is 0.00545. The summed E-state index contributed by atoms with van der Waals surface area (Å²) in [6, 6.07) is 9.71. The van der Waals surface area contributed by atoms with Crippen molar-refractivity contribution in [3.05, 3.63) is 63.7 Å². The molecule has 8 nitrogen and oxygen atoms in total. The lowest BCUT2D eigenvalue weighted by atomic mass is 10.1. The maximum Gasteiger partial charge on any atom is 0.269 e. The smallest absolute Gasteiger partial charge is 0.269 e. The number of hydrogen-bond acceptors (Lipinski definition) is 5. The molecule has 124 valence electrons. The van der Waals surface area contributed by atoms with E-state index in [9.17, 15) is 23.3 Å². The number of carbonyl (C=O) groups is 1. The first-order valence-corrected chi connectivity index (χ1v) is 8.54. The summed E-state index contributed by atoms with van der Waals surface area (Å²) < 4.78 is 22.8. The van der Waals surface area contributed by atoms with E-state index in [2.05, 4.69) is 0 Å². The Kier molecular flexibility index (Phi) is 3.82. The summed E-state index contributed by atoms with van der Waals surface area (Å²) in [7, 11) is -3.79. The molecule has 2 aromatic rings. The third kappa shape index (κ3) is 2.86. The number of sulfonamides is 1. The van der Waals surface area contributed by atoms with E-state index in [-0.39, 0.29) is 16.5 Å². The fourth-order valence-electron chi connectivity index (χ4n) is 2.65. The van der Waals surface area contributed by atoms with Gasteiger partial charge in [-0.3, -0.25) is 14.9 Å². The number of anilines is 1. The van der Waals surface area contributed by atoms with Crippen LogP contribution in [0.5, 0.6) is 0 Å². The van der Waals surface area contributed by atoms with Gasteiger partial charge in [-0.1, -0.05) is 0 Å². The molecule has 0 spiro atoms. The third-order valence-corrected chi connectivity index (χ3v) is 4.76. The van der Waals surface area contributed by atoms with Crippen molar-refractivity contribution in [1.29, 1.82) is 0 Å². The Labute approximate surface area is 137 Å². The van der Waals surface area contributed by atoms with Gasteiger partial charge in [-0.25, -0.2) is 13.6 Å². The molecule has 0 radical (unpaired) electrons. The molecular weight excluding hydrogens is 334 g/mol. The number of amides is 1. The van der Waals surface area contributed by atoms with Gasteiger partial charge < -0.3 is 4.90 Å². The molecule has 0 unspecified atom stereocenters. The molecule has 0 bridgehead atoms. The van der Waals surface area contributed by atoms with E-state index in [1.165, 1.54) is 41.3 Å². The number of rotatable bonds is 3. The van der Waals surface area contributed by atoms with Gasteiger partial charge in [0.25, 0.3) is 11.6 Å². The van der Waals surface area contributed by atoms with Crippen LogP contribution < -0.4 is 10.0 Å². The summed E-state index contributed by atoms with van der Waals surface area (Å²) in [5, 5.41) is 15.8. The number of hydrogen-bond donors (Lipinski definition) is 1. The van der Waals surface area contributed by atoms with Crippen LogP contribution in [0.2, 0.25) is 0 Å². The van der Waals surface area contributed by atoms with E-state index in [1.807, 2.05) is 0 Å². The molecule has 0 aromatic heterocycles. The number of carbonyl (C=O) groups excluding carboxylic acids is 1. The lowest BCUT2D eigenvalue weighted by molar-refractivity contribution is -0.384. The van der Waals surface area contributed by atoms with Crippen molar-refractivity contribution in [2.24, 2.45) is 5.14 Å². The maximum atomic E-state index is 12.6. The van der Waals surface area contributed by atoms with E-state index in [4.69, 9.17) is 5.14 Å². The normalized spacial score (nSPS) is 13.6. The van der Waals surface area contributed by atoms with Crippen LogP contribution in [0, 0.1) is 10.1 Å². The van der Waals surface area contributed by atoms with Gasteiger partial charge in [0, 0.05) is 29.9 Å². The minimum atomic E-state index is -3.79. The number of nitrogens with two attached hydrogens (primary N) is 1. The Balaban J connectivity index is 1.90. The maximum absolute atomic E-state index is 12.6. The topological polar surface area (TPSA) is 124 Å². The van der Waals surface area contributed by atoms with Crippen molar-refractivity contribution >= 4 is 27.3 Å². The van der Waals surface area contributed by atoms with Crippen LogP contribution in [0.15, 0.2) is 47.4 Å². The van der Waals surface area contributed by atoms with Gasteiger partial charge in [-0.2, -0.15) is 0 Å². The first-order valence-electron chi connectivity index (χ1n) is 6.99. The van der Waals surface area contributed by atoms with Crippen LogP contribution in [0.3, 0.4) is 0 Å². The number of non-ortho nitro benzene ring substituents is 1. The lowest BCUT2D eigenvalue weighted by Crippen LogP contribution is -2.28. The number of benzene rings is 2. The van der Waals surface area contributed by atoms with E-state index in [0.717, 1.165) is 5.56 Å². The minimum Gasteiger partial charge on any atom is -0.308 e. The van der Waals surface area contributed by atoms with Crippen molar-refractivity contribution < 1.29 is 18.1 Å². The molecule has 0 fully saturated rings. The molecule has 0 saturated carbocycles. The standard InChI is InChI=1S/C15H13N3O5S/c16-24(22,23)13-5-6-14-11(9-13)7-8-17(14)15(19)10-1-3-12(4-2-10)18(20)21/h1-6,9H,7-8H2,(H2,16,22,23). The fourth-order valence-corrected chi connectivity index (χ4v) is 3.21. The van der Waals surface area contributed by atoms with E-state index in [0.29, 0.717) is 24.2 Å². The van der Waals surface area contributed by atoms with Gasteiger partial charge >= 0.3 is 0 Å². The van der Waals surface area contributed by atoms with Crippen molar-refractivity contribution in [3.63, 3.8) is 0 Å². The second-order valence-corrected chi connectivity index (χ2v) is 6.91. The Morgan fingerprint density at radius 2 is 1.83 bits per heavy atom. The average molecular weight is 347 g/mol. The quantitative estimate of drug-likeness (QED) is 0.664. The lowest BCUT2D eigenvalue weighted by Gasteiger charge is -2.17. The van der Waals surface area contributed by atoms with Crippen molar-refractivity contribution in [2.45, 2.75) is 11.3 Å². The summed E-state index contributed by atoms with van der Waals surface area (Å²) >= 11 is 0. The molecule has 1 aliphatic rings. The van der Waals surface area contributed by atoms with Gasteiger partial charge in [-0.15, -0.1) is 0 Å². The zero-order valence-electron chi connectivity index (χ0n) is 12.4. The van der Waals surface area contributed by atoms with Crippen molar-refractivity contribution in [3.8, 4) is 0 Å². The zero-order chi connectivity index (χ0) is 17.5. The molecule has 0 saturated heterocycles. The summed E-state index contributed by atoms with van der Waals surface area (Å²) in [5.74, 6) is -0.299. The SMILES string of the molecule is NS(=O)(=O)c1ccc2c(c1)CCN2C(=O)c1ccc([N+](=O)[O-])cc1. The predicted molar refractivity (Wildman–Crippen MR) is 86.3 cm³/mol. The van der Waals surface area contributed by atoms with Crippen LogP contribution in [0.25, 0.3) is 0 Å². The summed E-state index contributed by atoms with van der Waals surface area (Å²) in [4.78, 5) is 24.2. The average Bonchev–Trinajstić information content (AvgIpc) is 2.96.